The van der Waals surface area contributed by atoms with E-state index in [0.29, 0.717) is 45.6 Å². The van der Waals surface area contributed by atoms with E-state index in [4.69, 9.17) is 4.74 Å². The van der Waals surface area contributed by atoms with Crippen LogP contribution < -0.4 is 14.8 Å². The first-order valence-electron chi connectivity index (χ1n) is 13.8. The van der Waals surface area contributed by atoms with E-state index in [2.05, 4.69) is 15.0 Å². The summed E-state index contributed by atoms with van der Waals surface area (Å²) in [6, 6.07) is 9.05. The summed E-state index contributed by atoms with van der Waals surface area (Å²) < 4.78 is 35.4. The number of aliphatic hydroxyl groups is 1. The zero-order valence-corrected chi connectivity index (χ0v) is 23.3. The second kappa shape index (κ2) is 11.8. The zero-order chi connectivity index (χ0) is 27.5. The quantitative estimate of drug-likeness (QED) is 0.518. The van der Waals surface area contributed by atoms with Crippen LogP contribution in [0.1, 0.15) is 38.5 Å². The van der Waals surface area contributed by atoms with Gasteiger partial charge in [0.15, 0.2) is 0 Å². The monoisotopic (exact) mass is 557 g/mol. The number of urea groups is 1. The van der Waals surface area contributed by atoms with E-state index in [1.54, 1.807) is 30.6 Å². The van der Waals surface area contributed by atoms with Gasteiger partial charge in [-0.3, -0.25) is 4.98 Å². The predicted octanol–water partition coefficient (Wildman–Crippen LogP) is 2.45. The molecule has 10 nitrogen and oxygen atoms in total. The number of carbonyl (C=O) groups is 1. The summed E-state index contributed by atoms with van der Waals surface area (Å²) >= 11 is 0. The maximum atomic E-state index is 13.2. The van der Waals surface area contributed by atoms with Crippen LogP contribution in [-0.2, 0) is 10.0 Å². The van der Waals surface area contributed by atoms with E-state index in [1.807, 2.05) is 29.0 Å². The van der Waals surface area contributed by atoms with Gasteiger partial charge in [0.2, 0.25) is 10.0 Å². The van der Waals surface area contributed by atoms with Gasteiger partial charge in [0.1, 0.15) is 10.6 Å². The van der Waals surface area contributed by atoms with Gasteiger partial charge >= 0.3 is 6.03 Å². The molecular weight excluding hydrogens is 518 g/mol. The maximum absolute atomic E-state index is 13.2. The van der Waals surface area contributed by atoms with Gasteiger partial charge in [0, 0.05) is 62.1 Å². The molecule has 1 aromatic carbocycles. The highest BCUT2D eigenvalue weighted by Gasteiger charge is 2.39. The molecule has 2 aliphatic heterocycles. The lowest BCUT2D eigenvalue weighted by Crippen LogP contribution is -2.54. The first-order chi connectivity index (χ1) is 18.7. The standard InChI is InChI=1S/C28H39N5O5S/c1-32-18-24(34)17-30-39(36,37)26-9-8-21(22-5-4-12-29-16-22)15-25(26)38-20-28(19-32)10-13-33(14-11-28)27(35)31-23-6-2-3-7-23/h4-5,8-9,12,15-16,23-24,30,34H,2-3,6-7,10-11,13-14,17-20H2,1H3,(H,31,35). The highest BCUT2D eigenvalue weighted by Crippen LogP contribution is 2.36. The smallest absolute Gasteiger partial charge is 0.317 e. The Morgan fingerprint density at radius 1 is 1.18 bits per heavy atom. The lowest BCUT2D eigenvalue weighted by atomic mass is 9.78. The van der Waals surface area contributed by atoms with Crippen molar-refractivity contribution in [2.24, 2.45) is 5.41 Å². The van der Waals surface area contributed by atoms with Gasteiger partial charge < -0.3 is 25.0 Å². The largest absolute Gasteiger partial charge is 0.492 e. The molecule has 3 heterocycles. The van der Waals surface area contributed by atoms with Crippen LogP contribution in [0, 0.1) is 5.41 Å². The molecule has 1 saturated carbocycles. The number of piperidine rings is 1. The lowest BCUT2D eigenvalue weighted by Gasteiger charge is -2.44. The van der Waals surface area contributed by atoms with Crippen LogP contribution in [-0.4, -0.2) is 92.9 Å². The Morgan fingerprint density at radius 3 is 2.67 bits per heavy atom. The van der Waals surface area contributed by atoms with Gasteiger partial charge in [0.25, 0.3) is 0 Å². The minimum absolute atomic E-state index is 0.00164. The van der Waals surface area contributed by atoms with Crippen LogP contribution >= 0.6 is 0 Å². The highest BCUT2D eigenvalue weighted by molar-refractivity contribution is 7.89. The summed E-state index contributed by atoms with van der Waals surface area (Å²) in [7, 11) is -1.99. The summed E-state index contributed by atoms with van der Waals surface area (Å²) in [5, 5.41) is 13.8. The number of amides is 2. The number of likely N-dealkylation sites (N-methyl/N-ethyl adjacent to an activating group) is 1. The number of aromatic nitrogens is 1. The predicted molar refractivity (Wildman–Crippen MR) is 148 cm³/mol. The fourth-order valence-corrected chi connectivity index (χ4v) is 7.20. The van der Waals surface area contributed by atoms with E-state index < -0.39 is 16.1 Å². The van der Waals surface area contributed by atoms with Crippen molar-refractivity contribution in [3.8, 4) is 16.9 Å². The molecule has 2 amide bonds. The Bertz CT molecular complexity index is 1240. The number of ether oxygens (including phenoxy) is 1. The average molecular weight is 558 g/mol. The summed E-state index contributed by atoms with van der Waals surface area (Å²) in [6.07, 6.45) is 8.40. The third-order valence-corrected chi connectivity index (χ3v) is 9.66. The fraction of sp³-hybridized carbons (Fsp3) is 0.571. The van der Waals surface area contributed by atoms with Crippen molar-refractivity contribution in [2.45, 2.75) is 55.6 Å². The van der Waals surface area contributed by atoms with Crippen molar-refractivity contribution in [1.29, 1.82) is 0 Å². The Kier molecular flexibility index (Phi) is 8.41. The van der Waals surface area contributed by atoms with E-state index in [0.717, 1.165) is 24.0 Å². The van der Waals surface area contributed by atoms with E-state index in [-0.39, 0.29) is 34.7 Å². The molecule has 212 valence electrons. The SMILES string of the molecule is CN1CC(O)CNS(=O)(=O)c2ccc(-c3cccnc3)cc2OCC2(CCN(C(=O)NC3CCCC3)CC2)C1. The van der Waals surface area contributed by atoms with Crippen molar-refractivity contribution >= 4 is 16.1 Å². The van der Waals surface area contributed by atoms with Crippen molar-refractivity contribution < 1.29 is 23.1 Å². The minimum atomic E-state index is -3.92. The number of sulfonamides is 1. The molecule has 1 saturated heterocycles. The maximum Gasteiger partial charge on any atom is 0.317 e. The van der Waals surface area contributed by atoms with E-state index >= 15 is 0 Å². The molecule has 0 radical (unpaired) electrons. The summed E-state index contributed by atoms with van der Waals surface area (Å²) in [6.45, 7) is 2.38. The van der Waals surface area contributed by atoms with Crippen LogP contribution in [0.5, 0.6) is 5.75 Å². The average Bonchev–Trinajstić information content (AvgIpc) is 3.44. The minimum Gasteiger partial charge on any atom is -0.492 e. The normalized spacial score (nSPS) is 24.3. The van der Waals surface area contributed by atoms with Crippen LogP contribution in [0.2, 0.25) is 0 Å². The number of hydrogen-bond donors (Lipinski definition) is 3. The fourth-order valence-electron chi connectivity index (χ4n) is 6.00. The molecule has 1 spiro atoms. The summed E-state index contributed by atoms with van der Waals surface area (Å²) in [5.74, 6) is 0.266. The molecule has 3 N–H and O–H groups in total. The van der Waals surface area contributed by atoms with Crippen LogP contribution in [0.25, 0.3) is 11.1 Å². The van der Waals surface area contributed by atoms with Gasteiger partial charge in [-0.2, -0.15) is 0 Å². The molecule has 1 aromatic heterocycles. The summed E-state index contributed by atoms with van der Waals surface area (Å²) in [4.78, 5) is 21.1. The van der Waals surface area contributed by atoms with E-state index in [9.17, 15) is 18.3 Å². The molecule has 1 aliphatic carbocycles. The Labute approximate surface area is 230 Å². The van der Waals surface area contributed by atoms with Crippen molar-refractivity contribution in [3.63, 3.8) is 0 Å². The summed E-state index contributed by atoms with van der Waals surface area (Å²) in [5.41, 5.74) is 1.34. The van der Waals surface area contributed by atoms with Crippen molar-refractivity contribution in [2.75, 3.05) is 46.4 Å². The third-order valence-electron chi connectivity index (χ3n) is 8.19. The molecule has 11 heteroatoms. The molecule has 5 rings (SSSR count). The molecule has 1 atom stereocenters. The Hall–Kier alpha value is -2.73. The van der Waals surface area contributed by atoms with Crippen molar-refractivity contribution in [3.05, 3.63) is 42.7 Å². The van der Waals surface area contributed by atoms with Crippen LogP contribution in [0.15, 0.2) is 47.6 Å². The number of benzene rings is 1. The number of pyridine rings is 1. The molecule has 2 aromatic rings. The van der Waals surface area contributed by atoms with Gasteiger partial charge in [-0.25, -0.2) is 17.9 Å². The third kappa shape index (κ3) is 6.71. The first kappa shape index (κ1) is 27.8. The first-order valence-corrected chi connectivity index (χ1v) is 15.3. The van der Waals surface area contributed by atoms with E-state index in [1.165, 1.54) is 12.8 Å². The number of β-amino-alcohol motifs (C(OH)–C–C–N with tert-alkyl or cyclic N) is 1. The molecule has 0 bridgehead atoms. The van der Waals surface area contributed by atoms with Crippen LogP contribution in [0.4, 0.5) is 4.79 Å². The number of nitrogens with zero attached hydrogens (tertiary/aromatic N) is 3. The number of aliphatic hydroxyl groups excluding tert-OH is 1. The molecule has 1 unspecified atom stereocenters. The van der Waals surface area contributed by atoms with Crippen LogP contribution in [0.3, 0.4) is 0 Å². The second-order valence-corrected chi connectivity index (χ2v) is 13.0. The molecule has 3 aliphatic rings. The molecule has 2 fully saturated rings. The highest BCUT2D eigenvalue weighted by atomic mass is 32.2. The number of carbonyl (C=O) groups excluding carboxylic acids is 1. The molecule has 39 heavy (non-hydrogen) atoms. The topological polar surface area (TPSA) is 124 Å². The van der Waals surface area contributed by atoms with Gasteiger partial charge in [-0.05, 0) is 56.5 Å². The number of rotatable bonds is 2. The second-order valence-electron chi connectivity index (χ2n) is 11.3. The Balaban J connectivity index is 1.40. The van der Waals surface area contributed by atoms with Gasteiger partial charge in [0.05, 0.1) is 12.7 Å². The number of likely N-dealkylation sites (tertiary alicyclic amines) is 1. The Morgan fingerprint density at radius 2 is 1.95 bits per heavy atom. The van der Waals surface area contributed by atoms with Crippen molar-refractivity contribution in [1.82, 2.24) is 24.8 Å². The molecular formula is C28H39N5O5S. The lowest BCUT2D eigenvalue weighted by molar-refractivity contribution is 0.0241. The zero-order valence-electron chi connectivity index (χ0n) is 22.5. The van der Waals surface area contributed by atoms with Gasteiger partial charge in [-0.1, -0.05) is 25.0 Å². The number of hydrogen-bond acceptors (Lipinski definition) is 7. The number of fused-ring (bicyclic) bond motifs is 1. The van der Waals surface area contributed by atoms with Gasteiger partial charge in [-0.15, -0.1) is 0 Å². The number of nitrogens with one attached hydrogen (secondary N) is 2.